The van der Waals surface area contributed by atoms with Crippen LogP contribution in [0.25, 0.3) is 0 Å². The molecule has 8 nitrogen and oxygen atoms in total. The van der Waals surface area contributed by atoms with Gasteiger partial charge in [0.15, 0.2) is 5.11 Å². The summed E-state index contributed by atoms with van der Waals surface area (Å²) in [5.41, 5.74) is 3.84. The molecule has 0 bridgehead atoms. The Morgan fingerprint density at radius 2 is 2.18 bits per heavy atom. The lowest BCUT2D eigenvalue weighted by atomic mass is 10.2. The van der Waals surface area contributed by atoms with Crippen molar-refractivity contribution in [3.8, 4) is 0 Å². The fraction of sp³-hybridized carbons (Fsp3) is 0.333. The van der Waals surface area contributed by atoms with E-state index in [1.807, 2.05) is 6.92 Å². The lowest BCUT2D eigenvalue weighted by molar-refractivity contribution is -0.387. The highest BCUT2D eigenvalue weighted by Gasteiger charge is 2.17. The maximum absolute atomic E-state index is 13.2. The van der Waals surface area contributed by atoms with Crippen molar-refractivity contribution in [2.75, 3.05) is 13.7 Å². The maximum Gasteiger partial charge on any atom is 0.305 e. The van der Waals surface area contributed by atoms with Crippen LogP contribution in [-0.2, 0) is 4.74 Å². The number of thiocarbonyl (C=S) groups is 1. The molecule has 0 aliphatic heterocycles. The minimum atomic E-state index is -1.01. The van der Waals surface area contributed by atoms with Crippen LogP contribution >= 0.6 is 12.2 Å². The largest absolute Gasteiger partial charge is 0.383 e. The number of hydrogen-bond donors (Lipinski definition) is 3. The van der Waals surface area contributed by atoms with Gasteiger partial charge in [0.05, 0.1) is 11.5 Å². The number of methoxy groups -OCH3 is 1. The molecule has 0 aliphatic carbocycles. The number of nitrogens with one attached hydrogen (secondary N) is 3. The van der Waals surface area contributed by atoms with Crippen molar-refractivity contribution in [3.63, 3.8) is 0 Å². The molecule has 120 valence electrons. The Kier molecular flexibility index (Phi) is 6.60. The second-order valence-electron chi connectivity index (χ2n) is 4.33. The number of nitrogens with zero attached hydrogens (tertiary/aromatic N) is 1. The van der Waals surface area contributed by atoms with Crippen molar-refractivity contribution in [2.24, 2.45) is 0 Å². The molecule has 0 spiro atoms. The molecule has 0 fully saturated rings. The maximum atomic E-state index is 13.2. The molecule has 22 heavy (non-hydrogen) atoms. The Bertz CT molecular complexity index is 584. The van der Waals surface area contributed by atoms with Crippen molar-refractivity contribution in [3.05, 3.63) is 39.7 Å². The fourth-order valence-electron chi connectivity index (χ4n) is 1.53. The van der Waals surface area contributed by atoms with Gasteiger partial charge in [0.1, 0.15) is 0 Å². The third-order valence-electron chi connectivity index (χ3n) is 2.49. The monoisotopic (exact) mass is 330 g/mol. The third-order valence-corrected chi connectivity index (χ3v) is 2.71. The molecule has 0 heterocycles. The van der Waals surface area contributed by atoms with E-state index in [9.17, 15) is 19.3 Å². The van der Waals surface area contributed by atoms with E-state index >= 15 is 0 Å². The van der Waals surface area contributed by atoms with Gasteiger partial charge in [-0.15, -0.1) is 0 Å². The molecule has 0 saturated heterocycles. The van der Waals surface area contributed by atoms with Crippen molar-refractivity contribution in [1.29, 1.82) is 0 Å². The average molecular weight is 330 g/mol. The first kappa shape index (κ1) is 17.7. The number of hydrazine groups is 1. The van der Waals surface area contributed by atoms with Crippen LogP contribution < -0.4 is 16.2 Å². The number of rotatable bonds is 5. The number of ether oxygens (including phenoxy) is 1. The Labute approximate surface area is 131 Å². The van der Waals surface area contributed by atoms with Gasteiger partial charge in [-0.05, 0) is 31.3 Å². The molecule has 0 radical (unpaired) electrons. The summed E-state index contributed by atoms with van der Waals surface area (Å²) in [6.45, 7) is 2.24. The minimum absolute atomic E-state index is 0.0752. The van der Waals surface area contributed by atoms with E-state index in [1.54, 1.807) is 0 Å². The van der Waals surface area contributed by atoms with Crippen molar-refractivity contribution >= 4 is 28.9 Å². The first-order valence-electron chi connectivity index (χ1n) is 6.15. The van der Waals surface area contributed by atoms with E-state index in [4.69, 9.17) is 17.0 Å². The van der Waals surface area contributed by atoms with Crippen molar-refractivity contribution in [2.45, 2.75) is 13.0 Å². The quantitative estimate of drug-likeness (QED) is 0.418. The van der Waals surface area contributed by atoms with E-state index < -0.39 is 22.3 Å². The molecule has 1 amide bonds. The van der Waals surface area contributed by atoms with Crippen LogP contribution in [0.5, 0.6) is 0 Å². The van der Waals surface area contributed by atoms with Crippen LogP contribution in [0.15, 0.2) is 18.2 Å². The predicted octanol–water partition coefficient (Wildman–Crippen LogP) is 0.878. The fourth-order valence-corrected chi connectivity index (χ4v) is 1.78. The summed E-state index contributed by atoms with van der Waals surface area (Å²) in [7, 11) is 1.54. The van der Waals surface area contributed by atoms with Gasteiger partial charge in [-0.25, -0.2) is 0 Å². The molecular weight excluding hydrogens is 315 g/mol. The molecular formula is C12H15FN4O4S. The molecule has 1 aromatic rings. The first-order chi connectivity index (χ1) is 10.3. The minimum Gasteiger partial charge on any atom is -0.383 e. The van der Waals surface area contributed by atoms with Crippen LogP contribution in [0, 0.1) is 15.9 Å². The molecule has 1 aromatic carbocycles. The molecule has 0 aliphatic rings. The van der Waals surface area contributed by atoms with Crippen LogP contribution in [0.3, 0.4) is 0 Å². The van der Waals surface area contributed by atoms with Crippen molar-refractivity contribution < 1.29 is 18.8 Å². The summed E-state index contributed by atoms with van der Waals surface area (Å²) in [5.74, 6) is -1.70. The predicted molar refractivity (Wildman–Crippen MR) is 80.7 cm³/mol. The molecule has 1 atom stereocenters. The van der Waals surface area contributed by atoms with Crippen LogP contribution in [0.1, 0.15) is 17.3 Å². The van der Waals surface area contributed by atoms with Crippen LogP contribution in [0.4, 0.5) is 10.1 Å². The summed E-state index contributed by atoms with van der Waals surface area (Å²) in [4.78, 5) is 21.5. The highest BCUT2D eigenvalue weighted by molar-refractivity contribution is 7.80. The van der Waals surface area contributed by atoms with Crippen molar-refractivity contribution in [1.82, 2.24) is 16.2 Å². The molecule has 0 unspecified atom stereocenters. The van der Waals surface area contributed by atoms with E-state index in [0.29, 0.717) is 6.61 Å². The third kappa shape index (κ3) is 5.22. The number of halogens is 1. The van der Waals surface area contributed by atoms with Crippen LogP contribution in [-0.4, -0.2) is 35.7 Å². The Morgan fingerprint density at radius 3 is 2.77 bits per heavy atom. The van der Waals surface area contributed by atoms with Gasteiger partial charge in [0.2, 0.25) is 5.82 Å². The second-order valence-corrected chi connectivity index (χ2v) is 4.74. The SMILES string of the molecule is COC[C@H](C)NC(=S)NNC(=O)c1ccc(F)c([N+](=O)[O-])c1. The van der Waals surface area contributed by atoms with Gasteiger partial charge in [0, 0.05) is 24.8 Å². The molecule has 0 aromatic heterocycles. The highest BCUT2D eigenvalue weighted by Crippen LogP contribution is 2.18. The van der Waals surface area contributed by atoms with Gasteiger partial charge in [0.25, 0.3) is 5.91 Å². The Hall–Kier alpha value is -2.33. The lowest BCUT2D eigenvalue weighted by Crippen LogP contribution is -2.49. The van der Waals surface area contributed by atoms with Gasteiger partial charge >= 0.3 is 5.69 Å². The number of nitro groups is 1. The zero-order valence-electron chi connectivity index (χ0n) is 11.9. The summed E-state index contributed by atoms with van der Waals surface area (Å²) in [5, 5.41) is 13.6. The zero-order chi connectivity index (χ0) is 16.7. The number of nitro benzene ring substituents is 1. The lowest BCUT2D eigenvalue weighted by Gasteiger charge is -2.16. The van der Waals surface area contributed by atoms with Gasteiger partial charge in [-0.2, -0.15) is 4.39 Å². The number of carbonyl (C=O) groups is 1. The molecule has 1 rings (SSSR count). The Balaban J connectivity index is 2.61. The summed E-state index contributed by atoms with van der Waals surface area (Å²) < 4.78 is 18.1. The molecule has 0 saturated carbocycles. The molecule has 10 heteroatoms. The second kappa shape index (κ2) is 8.20. The molecule has 3 N–H and O–H groups in total. The zero-order valence-corrected chi connectivity index (χ0v) is 12.7. The van der Waals surface area contributed by atoms with E-state index in [1.165, 1.54) is 7.11 Å². The topological polar surface area (TPSA) is 106 Å². The van der Waals surface area contributed by atoms with E-state index in [2.05, 4.69) is 16.2 Å². The van der Waals surface area contributed by atoms with E-state index in [0.717, 1.165) is 18.2 Å². The van der Waals surface area contributed by atoms with Gasteiger partial charge in [-0.1, -0.05) is 0 Å². The number of amides is 1. The van der Waals surface area contributed by atoms with E-state index in [-0.39, 0.29) is 16.7 Å². The van der Waals surface area contributed by atoms with Crippen LogP contribution in [0.2, 0.25) is 0 Å². The standard InChI is InChI=1S/C12H15FN4O4S/c1-7(6-21-2)14-12(22)16-15-11(18)8-3-4-9(13)10(5-8)17(19)20/h3-5,7H,6H2,1-2H3,(H,15,18)(H2,14,16,22)/t7-/m0/s1. The number of carbonyl (C=O) groups excluding carboxylic acids is 1. The average Bonchev–Trinajstić information content (AvgIpc) is 2.45. The highest BCUT2D eigenvalue weighted by atomic mass is 32.1. The number of hydrogen-bond acceptors (Lipinski definition) is 5. The smallest absolute Gasteiger partial charge is 0.305 e. The summed E-state index contributed by atoms with van der Waals surface area (Å²) in [6, 6.07) is 2.75. The normalized spacial score (nSPS) is 11.4. The number of benzene rings is 1. The first-order valence-corrected chi connectivity index (χ1v) is 6.55. The van der Waals surface area contributed by atoms with Gasteiger partial charge < -0.3 is 10.1 Å². The van der Waals surface area contributed by atoms with Gasteiger partial charge in [-0.3, -0.25) is 25.8 Å². The summed E-state index contributed by atoms with van der Waals surface area (Å²) in [6.07, 6.45) is 0. The summed E-state index contributed by atoms with van der Waals surface area (Å²) >= 11 is 4.94. The Morgan fingerprint density at radius 1 is 1.50 bits per heavy atom.